The van der Waals surface area contributed by atoms with E-state index in [-0.39, 0.29) is 0 Å². The molecule has 0 aliphatic carbocycles. The van der Waals surface area contributed by atoms with Gasteiger partial charge in [-0.3, -0.25) is 0 Å². The van der Waals surface area contributed by atoms with Crippen LogP contribution < -0.4 is 5.73 Å². The van der Waals surface area contributed by atoms with Gasteiger partial charge in [0.25, 0.3) is 0 Å². The molecule has 0 spiro atoms. The average Bonchev–Trinajstić information content (AvgIpc) is 1.67. The summed E-state index contributed by atoms with van der Waals surface area (Å²) in [7, 11) is 2.12. The Labute approximate surface area is 50.7 Å². The standard InChI is InChI=1S/C6H14N2/c1-3-6-5(7)4-8(6)2/h5-6H,3-4,7H2,1-2H3/t5-,6-/m0/s1. The molecule has 0 aromatic heterocycles. The minimum atomic E-state index is 0.449. The quantitative estimate of drug-likeness (QED) is 0.521. The molecule has 0 bridgehead atoms. The lowest BCUT2D eigenvalue weighted by molar-refractivity contribution is 0.0913. The first kappa shape index (κ1) is 6.05. The second-order valence-electron chi connectivity index (χ2n) is 2.58. The molecule has 0 amide bonds. The summed E-state index contributed by atoms with van der Waals surface area (Å²) in [6, 6.07) is 1.11. The Kier molecular flexibility index (Phi) is 1.54. The van der Waals surface area contributed by atoms with E-state index in [1.807, 2.05) is 0 Å². The number of likely N-dealkylation sites (tertiary alicyclic amines) is 1. The van der Waals surface area contributed by atoms with Crippen molar-refractivity contribution in [1.82, 2.24) is 4.90 Å². The van der Waals surface area contributed by atoms with E-state index < -0.39 is 0 Å². The molecule has 0 radical (unpaired) electrons. The van der Waals surface area contributed by atoms with Crippen molar-refractivity contribution in [3.63, 3.8) is 0 Å². The molecule has 1 heterocycles. The van der Waals surface area contributed by atoms with Gasteiger partial charge >= 0.3 is 0 Å². The summed E-state index contributed by atoms with van der Waals surface area (Å²) in [5, 5.41) is 0. The van der Waals surface area contributed by atoms with Gasteiger partial charge in [-0.2, -0.15) is 0 Å². The van der Waals surface area contributed by atoms with Gasteiger partial charge < -0.3 is 10.6 Å². The fourth-order valence-electron chi connectivity index (χ4n) is 1.39. The molecule has 0 aromatic carbocycles. The topological polar surface area (TPSA) is 29.3 Å². The van der Waals surface area contributed by atoms with Gasteiger partial charge in [-0.15, -0.1) is 0 Å². The summed E-state index contributed by atoms with van der Waals surface area (Å²) in [4.78, 5) is 2.30. The fraction of sp³-hybridized carbons (Fsp3) is 1.00. The lowest BCUT2D eigenvalue weighted by Gasteiger charge is -2.43. The molecule has 0 saturated carbocycles. The van der Waals surface area contributed by atoms with Crippen LogP contribution in [0.1, 0.15) is 13.3 Å². The molecule has 1 aliphatic heterocycles. The molecule has 0 unspecified atom stereocenters. The van der Waals surface area contributed by atoms with Crippen molar-refractivity contribution in [2.75, 3.05) is 13.6 Å². The van der Waals surface area contributed by atoms with Crippen molar-refractivity contribution in [3.8, 4) is 0 Å². The predicted molar refractivity (Wildman–Crippen MR) is 34.7 cm³/mol. The molecule has 1 saturated heterocycles. The molecular weight excluding hydrogens is 100 g/mol. The zero-order valence-electron chi connectivity index (χ0n) is 5.59. The van der Waals surface area contributed by atoms with E-state index in [0.29, 0.717) is 12.1 Å². The van der Waals surface area contributed by atoms with Crippen LogP contribution in [0.25, 0.3) is 0 Å². The number of hydrogen-bond donors (Lipinski definition) is 1. The lowest BCUT2D eigenvalue weighted by atomic mass is 9.96. The molecule has 2 heteroatoms. The maximum atomic E-state index is 5.68. The molecule has 2 atom stereocenters. The number of nitrogens with zero attached hydrogens (tertiary/aromatic N) is 1. The lowest BCUT2D eigenvalue weighted by Crippen LogP contribution is -2.61. The van der Waals surface area contributed by atoms with Crippen LogP contribution >= 0.6 is 0 Å². The Bertz CT molecular complexity index is 74.6. The normalized spacial score (nSPS) is 39.4. The predicted octanol–water partition coefficient (Wildman–Crippen LogP) is 0.0377. The summed E-state index contributed by atoms with van der Waals surface area (Å²) in [6.45, 7) is 3.26. The van der Waals surface area contributed by atoms with Crippen molar-refractivity contribution in [3.05, 3.63) is 0 Å². The number of rotatable bonds is 1. The van der Waals surface area contributed by atoms with Gasteiger partial charge in [0.05, 0.1) is 0 Å². The van der Waals surface area contributed by atoms with Crippen LogP contribution in [-0.4, -0.2) is 30.6 Å². The fourth-order valence-corrected chi connectivity index (χ4v) is 1.39. The first-order valence-electron chi connectivity index (χ1n) is 3.21. The van der Waals surface area contributed by atoms with Crippen LogP contribution in [0.4, 0.5) is 0 Å². The highest BCUT2D eigenvalue weighted by atomic mass is 15.2. The highest BCUT2D eigenvalue weighted by Gasteiger charge is 2.30. The SMILES string of the molecule is CC[C@H]1[C@@H](N)CN1C. The summed E-state index contributed by atoms with van der Waals surface area (Å²) >= 11 is 0. The number of hydrogen-bond acceptors (Lipinski definition) is 2. The third-order valence-corrected chi connectivity index (χ3v) is 1.98. The number of nitrogens with two attached hydrogens (primary N) is 1. The molecule has 1 aliphatic rings. The van der Waals surface area contributed by atoms with Crippen molar-refractivity contribution in [2.24, 2.45) is 5.73 Å². The molecule has 48 valence electrons. The van der Waals surface area contributed by atoms with Crippen molar-refractivity contribution >= 4 is 0 Å². The highest BCUT2D eigenvalue weighted by Crippen LogP contribution is 2.15. The van der Waals surface area contributed by atoms with E-state index in [0.717, 1.165) is 6.54 Å². The van der Waals surface area contributed by atoms with Gasteiger partial charge in [0.15, 0.2) is 0 Å². The van der Waals surface area contributed by atoms with E-state index in [9.17, 15) is 0 Å². The second-order valence-corrected chi connectivity index (χ2v) is 2.58. The maximum Gasteiger partial charge on any atom is 0.0326 e. The van der Waals surface area contributed by atoms with E-state index in [4.69, 9.17) is 5.73 Å². The zero-order valence-corrected chi connectivity index (χ0v) is 5.59. The Balaban J connectivity index is 2.29. The Morgan fingerprint density at radius 1 is 1.75 bits per heavy atom. The maximum absolute atomic E-state index is 5.68. The molecule has 0 aromatic rings. The van der Waals surface area contributed by atoms with Gasteiger partial charge in [-0.05, 0) is 13.5 Å². The largest absolute Gasteiger partial charge is 0.325 e. The minimum absolute atomic E-state index is 0.449. The highest BCUT2D eigenvalue weighted by molar-refractivity contribution is 4.91. The van der Waals surface area contributed by atoms with Gasteiger partial charge in [-0.25, -0.2) is 0 Å². The summed E-state index contributed by atoms with van der Waals surface area (Å²) in [6.07, 6.45) is 1.19. The molecular formula is C6H14N2. The zero-order chi connectivity index (χ0) is 6.15. The van der Waals surface area contributed by atoms with Crippen LogP contribution in [0.5, 0.6) is 0 Å². The van der Waals surface area contributed by atoms with Crippen LogP contribution in [0.2, 0.25) is 0 Å². The van der Waals surface area contributed by atoms with Crippen molar-refractivity contribution in [2.45, 2.75) is 25.4 Å². The first-order chi connectivity index (χ1) is 3.75. The van der Waals surface area contributed by atoms with Crippen molar-refractivity contribution < 1.29 is 0 Å². The van der Waals surface area contributed by atoms with Gasteiger partial charge in [0.2, 0.25) is 0 Å². The average molecular weight is 114 g/mol. The summed E-state index contributed by atoms with van der Waals surface area (Å²) in [5.74, 6) is 0. The smallest absolute Gasteiger partial charge is 0.0326 e. The third kappa shape index (κ3) is 0.740. The summed E-state index contributed by atoms with van der Waals surface area (Å²) in [5.41, 5.74) is 5.68. The minimum Gasteiger partial charge on any atom is -0.325 e. The number of likely N-dealkylation sites (N-methyl/N-ethyl adjacent to an activating group) is 1. The Morgan fingerprint density at radius 3 is 2.50 bits per heavy atom. The molecule has 1 fully saturated rings. The van der Waals surface area contributed by atoms with Crippen LogP contribution in [-0.2, 0) is 0 Å². The monoisotopic (exact) mass is 114 g/mol. The summed E-state index contributed by atoms with van der Waals surface area (Å²) < 4.78 is 0. The van der Waals surface area contributed by atoms with E-state index >= 15 is 0 Å². The molecule has 2 nitrogen and oxygen atoms in total. The third-order valence-electron chi connectivity index (χ3n) is 1.98. The van der Waals surface area contributed by atoms with Crippen LogP contribution in [0.3, 0.4) is 0 Å². The second kappa shape index (κ2) is 2.03. The van der Waals surface area contributed by atoms with Gasteiger partial charge in [0.1, 0.15) is 0 Å². The van der Waals surface area contributed by atoms with E-state index in [1.165, 1.54) is 6.42 Å². The Hall–Kier alpha value is -0.0800. The van der Waals surface area contributed by atoms with Crippen molar-refractivity contribution in [1.29, 1.82) is 0 Å². The molecule has 8 heavy (non-hydrogen) atoms. The van der Waals surface area contributed by atoms with E-state index in [2.05, 4.69) is 18.9 Å². The Morgan fingerprint density at radius 2 is 2.38 bits per heavy atom. The molecule has 1 rings (SSSR count). The first-order valence-corrected chi connectivity index (χ1v) is 3.21. The molecule has 2 N–H and O–H groups in total. The van der Waals surface area contributed by atoms with Gasteiger partial charge in [-0.1, -0.05) is 6.92 Å². The van der Waals surface area contributed by atoms with Crippen LogP contribution in [0, 0.1) is 0 Å². The van der Waals surface area contributed by atoms with Crippen LogP contribution in [0.15, 0.2) is 0 Å². The van der Waals surface area contributed by atoms with Gasteiger partial charge in [0, 0.05) is 18.6 Å². The van der Waals surface area contributed by atoms with E-state index in [1.54, 1.807) is 0 Å².